The van der Waals surface area contributed by atoms with Crippen LogP contribution in [0.5, 0.6) is 0 Å². The van der Waals surface area contributed by atoms with E-state index in [1.165, 1.54) is 19.3 Å². The SMILES string of the molecule is CCN(CC(C)C)CC1(O)CCCCC1. The van der Waals surface area contributed by atoms with Gasteiger partial charge in [-0.2, -0.15) is 0 Å². The molecule has 0 unspecified atom stereocenters. The highest BCUT2D eigenvalue weighted by molar-refractivity contribution is 4.85. The molecule has 0 aliphatic heterocycles. The summed E-state index contributed by atoms with van der Waals surface area (Å²) in [4.78, 5) is 2.40. The van der Waals surface area contributed by atoms with Gasteiger partial charge >= 0.3 is 0 Å². The smallest absolute Gasteiger partial charge is 0.0774 e. The Morgan fingerprint density at radius 3 is 2.27 bits per heavy atom. The van der Waals surface area contributed by atoms with Crippen molar-refractivity contribution in [3.05, 3.63) is 0 Å². The summed E-state index contributed by atoms with van der Waals surface area (Å²) in [7, 11) is 0. The van der Waals surface area contributed by atoms with Crippen LogP contribution in [0, 0.1) is 5.92 Å². The minimum atomic E-state index is -0.386. The molecule has 1 fully saturated rings. The van der Waals surface area contributed by atoms with Gasteiger partial charge in [-0.3, -0.25) is 0 Å². The van der Waals surface area contributed by atoms with E-state index in [-0.39, 0.29) is 5.60 Å². The minimum Gasteiger partial charge on any atom is -0.389 e. The fraction of sp³-hybridized carbons (Fsp3) is 1.00. The van der Waals surface area contributed by atoms with Gasteiger partial charge in [0, 0.05) is 13.1 Å². The zero-order valence-corrected chi connectivity index (χ0v) is 10.6. The summed E-state index contributed by atoms with van der Waals surface area (Å²) in [6, 6.07) is 0. The first-order chi connectivity index (χ1) is 7.06. The van der Waals surface area contributed by atoms with Crippen LogP contribution in [0.2, 0.25) is 0 Å². The van der Waals surface area contributed by atoms with Crippen molar-refractivity contribution in [3.8, 4) is 0 Å². The van der Waals surface area contributed by atoms with E-state index in [9.17, 15) is 5.11 Å². The predicted octanol–water partition coefficient (Wildman–Crippen LogP) is 2.66. The zero-order valence-electron chi connectivity index (χ0n) is 10.6. The van der Waals surface area contributed by atoms with E-state index in [0.29, 0.717) is 5.92 Å². The Balaban J connectivity index is 2.41. The summed E-state index contributed by atoms with van der Waals surface area (Å²) < 4.78 is 0. The van der Waals surface area contributed by atoms with Crippen LogP contribution in [0.4, 0.5) is 0 Å². The maximum Gasteiger partial charge on any atom is 0.0774 e. The zero-order chi connectivity index (χ0) is 11.3. The van der Waals surface area contributed by atoms with E-state index < -0.39 is 0 Å². The average molecular weight is 213 g/mol. The van der Waals surface area contributed by atoms with Crippen LogP contribution in [-0.2, 0) is 0 Å². The van der Waals surface area contributed by atoms with E-state index in [0.717, 1.165) is 32.5 Å². The van der Waals surface area contributed by atoms with Gasteiger partial charge in [0.25, 0.3) is 0 Å². The lowest BCUT2D eigenvalue weighted by Gasteiger charge is -2.37. The lowest BCUT2D eigenvalue weighted by Crippen LogP contribution is -2.45. The molecule has 0 aromatic rings. The Bertz CT molecular complexity index is 173. The molecule has 0 atom stereocenters. The van der Waals surface area contributed by atoms with Crippen molar-refractivity contribution in [1.29, 1.82) is 0 Å². The highest BCUT2D eigenvalue weighted by atomic mass is 16.3. The monoisotopic (exact) mass is 213 g/mol. The molecule has 1 rings (SSSR count). The van der Waals surface area contributed by atoms with Gasteiger partial charge in [0.15, 0.2) is 0 Å². The molecule has 90 valence electrons. The molecule has 0 saturated heterocycles. The standard InChI is InChI=1S/C13H27NO/c1-4-14(10-12(2)3)11-13(15)8-6-5-7-9-13/h12,15H,4-11H2,1-3H3. The lowest BCUT2D eigenvalue weighted by atomic mass is 9.84. The van der Waals surface area contributed by atoms with E-state index in [2.05, 4.69) is 25.7 Å². The maximum atomic E-state index is 10.4. The van der Waals surface area contributed by atoms with Crippen molar-refractivity contribution in [1.82, 2.24) is 4.90 Å². The summed E-state index contributed by atoms with van der Waals surface area (Å²) in [5.41, 5.74) is -0.386. The molecule has 0 amide bonds. The van der Waals surface area contributed by atoms with Gasteiger partial charge in [0.2, 0.25) is 0 Å². The molecule has 0 radical (unpaired) electrons. The summed E-state index contributed by atoms with van der Waals surface area (Å²) in [5.74, 6) is 0.692. The quantitative estimate of drug-likeness (QED) is 0.759. The van der Waals surface area contributed by atoms with Crippen molar-refractivity contribution < 1.29 is 5.11 Å². The molecule has 1 aliphatic rings. The fourth-order valence-corrected chi connectivity index (χ4v) is 2.61. The third-order valence-corrected chi connectivity index (χ3v) is 3.37. The van der Waals surface area contributed by atoms with Gasteiger partial charge in [-0.15, -0.1) is 0 Å². The number of aliphatic hydroxyl groups is 1. The first-order valence-corrected chi connectivity index (χ1v) is 6.50. The summed E-state index contributed by atoms with van der Waals surface area (Å²) in [6.07, 6.45) is 5.72. The number of rotatable bonds is 5. The van der Waals surface area contributed by atoms with E-state index >= 15 is 0 Å². The van der Waals surface area contributed by atoms with Crippen molar-refractivity contribution in [2.24, 2.45) is 5.92 Å². The Morgan fingerprint density at radius 1 is 1.20 bits per heavy atom. The molecule has 0 heterocycles. The molecular weight excluding hydrogens is 186 g/mol. The second-order valence-corrected chi connectivity index (χ2v) is 5.51. The number of nitrogens with zero attached hydrogens (tertiary/aromatic N) is 1. The van der Waals surface area contributed by atoms with Crippen LogP contribution < -0.4 is 0 Å². The largest absolute Gasteiger partial charge is 0.389 e. The Labute approximate surface area is 94.7 Å². The molecule has 2 heteroatoms. The third kappa shape index (κ3) is 4.52. The highest BCUT2D eigenvalue weighted by Gasteiger charge is 2.30. The van der Waals surface area contributed by atoms with Crippen LogP contribution in [0.1, 0.15) is 52.9 Å². The van der Waals surface area contributed by atoms with Gasteiger partial charge in [-0.25, -0.2) is 0 Å². The van der Waals surface area contributed by atoms with Crippen molar-refractivity contribution in [2.45, 2.75) is 58.5 Å². The summed E-state index contributed by atoms with van der Waals surface area (Å²) in [6.45, 7) is 9.72. The molecule has 0 bridgehead atoms. The summed E-state index contributed by atoms with van der Waals surface area (Å²) >= 11 is 0. The Morgan fingerprint density at radius 2 is 1.80 bits per heavy atom. The van der Waals surface area contributed by atoms with Crippen LogP contribution >= 0.6 is 0 Å². The van der Waals surface area contributed by atoms with Gasteiger partial charge in [-0.1, -0.05) is 40.0 Å². The van der Waals surface area contributed by atoms with Crippen LogP contribution in [0.3, 0.4) is 0 Å². The topological polar surface area (TPSA) is 23.5 Å². The van der Waals surface area contributed by atoms with Crippen LogP contribution in [0.15, 0.2) is 0 Å². The van der Waals surface area contributed by atoms with Crippen molar-refractivity contribution in [3.63, 3.8) is 0 Å². The molecule has 1 saturated carbocycles. The molecule has 0 spiro atoms. The second kappa shape index (κ2) is 5.86. The van der Waals surface area contributed by atoms with E-state index in [1.807, 2.05) is 0 Å². The Hall–Kier alpha value is -0.0800. The van der Waals surface area contributed by atoms with Gasteiger partial charge in [0.1, 0.15) is 0 Å². The average Bonchev–Trinajstić information content (AvgIpc) is 2.16. The Kier molecular flexibility index (Phi) is 5.07. The number of hydrogen-bond acceptors (Lipinski definition) is 2. The second-order valence-electron chi connectivity index (χ2n) is 5.51. The van der Waals surface area contributed by atoms with Gasteiger partial charge in [-0.05, 0) is 25.3 Å². The normalized spacial score (nSPS) is 21.2. The third-order valence-electron chi connectivity index (χ3n) is 3.37. The van der Waals surface area contributed by atoms with Gasteiger partial charge < -0.3 is 10.0 Å². The first kappa shape index (κ1) is 13.0. The number of likely N-dealkylation sites (N-methyl/N-ethyl adjacent to an activating group) is 1. The first-order valence-electron chi connectivity index (χ1n) is 6.50. The predicted molar refractivity (Wildman–Crippen MR) is 65.0 cm³/mol. The molecular formula is C13H27NO. The van der Waals surface area contributed by atoms with Crippen molar-refractivity contribution in [2.75, 3.05) is 19.6 Å². The highest BCUT2D eigenvalue weighted by Crippen LogP contribution is 2.28. The maximum absolute atomic E-state index is 10.4. The van der Waals surface area contributed by atoms with E-state index in [1.54, 1.807) is 0 Å². The van der Waals surface area contributed by atoms with Crippen molar-refractivity contribution >= 4 is 0 Å². The van der Waals surface area contributed by atoms with Gasteiger partial charge in [0.05, 0.1) is 5.60 Å². The summed E-state index contributed by atoms with van der Waals surface area (Å²) in [5, 5.41) is 10.4. The molecule has 2 nitrogen and oxygen atoms in total. The molecule has 1 N–H and O–H groups in total. The molecule has 15 heavy (non-hydrogen) atoms. The van der Waals surface area contributed by atoms with E-state index in [4.69, 9.17) is 0 Å². The molecule has 1 aliphatic carbocycles. The molecule has 0 aromatic carbocycles. The number of hydrogen-bond donors (Lipinski definition) is 1. The van der Waals surface area contributed by atoms with Crippen LogP contribution in [-0.4, -0.2) is 35.2 Å². The minimum absolute atomic E-state index is 0.386. The lowest BCUT2D eigenvalue weighted by molar-refractivity contribution is -0.0272. The molecule has 0 aromatic heterocycles. The van der Waals surface area contributed by atoms with Crippen LogP contribution in [0.25, 0.3) is 0 Å². The fourth-order valence-electron chi connectivity index (χ4n) is 2.61.